The van der Waals surface area contributed by atoms with Crippen molar-refractivity contribution in [2.24, 2.45) is 0 Å². The van der Waals surface area contributed by atoms with Gasteiger partial charge in [-0.15, -0.1) is 16.4 Å². The molecule has 78 valence electrons. The minimum Gasteiger partial charge on any atom is -0.375 e. The highest BCUT2D eigenvalue weighted by molar-refractivity contribution is 7.13. The van der Waals surface area contributed by atoms with Gasteiger partial charge < -0.3 is 11.1 Å². The fraction of sp³-hybridized carbons (Fsp3) is 0.143. The van der Waals surface area contributed by atoms with Crippen molar-refractivity contribution < 1.29 is 4.79 Å². The van der Waals surface area contributed by atoms with Crippen LogP contribution in [0.15, 0.2) is 11.6 Å². The Bertz CT molecular complexity index is 452. The van der Waals surface area contributed by atoms with Crippen molar-refractivity contribution in [1.82, 2.24) is 14.6 Å². The van der Waals surface area contributed by atoms with Crippen molar-refractivity contribution >= 4 is 38.9 Å². The quantitative estimate of drug-likeness (QED) is 0.827. The topological polar surface area (TPSA) is 93.8 Å². The number of nitrogens with one attached hydrogen (secondary N) is 1. The Hall–Kier alpha value is -1.54. The third-order valence-electron chi connectivity index (χ3n) is 1.54. The highest BCUT2D eigenvalue weighted by Gasteiger charge is 2.07. The lowest BCUT2D eigenvalue weighted by Gasteiger charge is -1.97. The molecule has 0 radical (unpaired) electrons. The summed E-state index contributed by atoms with van der Waals surface area (Å²) >= 11 is 2.45. The van der Waals surface area contributed by atoms with Crippen molar-refractivity contribution in [2.75, 3.05) is 11.1 Å². The number of hydrogen-bond donors (Lipinski definition) is 2. The zero-order valence-corrected chi connectivity index (χ0v) is 9.14. The Labute approximate surface area is 93.3 Å². The maximum Gasteiger partial charge on any atom is 0.231 e. The van der Waals surface area contributed by atoms with Gasteiger partial charge in [0, 0.05) is 16.9 Å². The van der Waals surface area contributed by atoms with Gasteiger partial charge in [-0.05, 0) is 0 Å². The van der Waals surface area contributed by atoms with Crippen LogP contribution in [0.4, 0.5) is 10.1 Å². The Balaban J connectivity index is 1.93. The van der Waals surface area contributed by atoms with Crippen LogP contribution in [-0.4, -0.2) is 20.5 Å². The van der Waals surface area contributed by atoms with Gasteiger partial charge in [0.25, 0.3) is 0 Å². The number of amides is 1. The molecule has 2 rings (SSSR count). The first-order valence-corrected chi connectivity index (χ1v) is 5.66. The summed E-state index contributed by atoms with van der Waals surface area (Å²) < 4.78 is 3.63. The summed E-state index contributed by atoms with van der Waals surface area (Å²) in [7, 11) is 0. The van der Waals surface area contributed by atoms with E-state index in [1.807, 2.05) is 0 Å². The van der Waals surface area contributed by atoms with Crippen LogP contribution in [0.25, 0.3) is 0 Å². The number of aromatic nitrogens is 3. The standard InChI is InChI=1S/C7H7N5OS2/c8-7-10-4(3-14-7)1-5(13)11-6-2-9-12-15-6/h2-3H,1H2,(H2,8,10)(H,11,13). The molecule has 0 saturated heterocycles. The Morgan fingerprint density at radius 2 is 2.47 bits per heavy atom. The van der Waals surface area contributed by atoms with Crippen molar-refractivity contribution in [1.29, 1.82) is 0 Å². The number of hydrogen-bond acceptors (Lipinski definition) is 7. The largest absolute Gasteiger partial charge is 0.375 e. The molecule has 0 aromatic carbocycles. The maximum absolute atomic E-state index is 11.5. The summed E-state index contributed by atoms with van der Waals surface area (Å²) in [5.74, 6) is -0.147. The third-order valence-corrected chi connectivity index (χ3v) is 2.84. The van der Waals surface area contributed by atoms with Gasteiger partial charge in [-0.3, -0.25) is 4.79 Å². The molecule has 2 aromatic heterocycles. The van der Waals surface area contributed by atoms with E-state index in [0.29, 0.717) is 15.8 Å². The third kappa shape index (κ3) is 2.70. The molecule has 6 nitrogen and oxygen atoms in total. The van der Waals surface area contributed by atoms with Crippen LogP contribution in [-0.2, 0) is 11.2 Å². The highest BCUT2D eigenvalue weighted by atomic mass is 32.1. The van der Waals surface area contributed by atoms with Crippen LogP contribution >= 0.6 is 22.9 Å². The lowest BCUT2D eigenvalue weighted by atomic mass is 10.3. The minimum atomic E-state index is -0.147. The van der Waals surface area contributed by atoms with E-state index in [4.69, 9.17) is 5.73 Å². The molecule has 15 heavy (non-hydrogen) atoms. The predicted octanol–water partition coefficient (Wildman–Crippen LogP) is 0.758. The molecule has 0 fully saturated rings. The van der Waals surface area contributed by atoms with Crippen LogP contribution in [0.3, 0.4) is 0 Å². The fourth-order valence-corrected chi connectivity index (χ4v) is 1.97. The second-order valence-electron chi connectivity index (χ2n) is 2.68. The van der Waals surface area contributed by atoms with Gasteiger partial charge in [-0.1, -0.05) is 4.49 Å². The molecular formula is C7H7N5OS2. The summed E-state index contributed by atoms with van der Waals surface area (Å²) in [5.41, 5.74) is 6.12. The molecule has 0 aliphatic carbocycles. The molecule has 0 unspecified atom stereocenters. The van der Waals surface area contributed by atoms with E-state index in [2.05, 4.69) is 19.9 Å². The molecule has 1 amide bonds. The highest BCUT2D eigenvalue weighted by Crippen LogP contribution is 2.13. The van der Waals surface area contributed by atoms with Crippen molar-refractivity contribution in [3.05, 3.63) is 17.3 Å². The van der Waals surface area contributed by atoms with Crippen LogP contribution in [0.5, 0.6) is 0 Å². The second-order valence-corrected chi connectivity index (χ2v) is 4.36. The van der Waals surface area contributed by atoms with Crippen molar-refractivity contribution in [3.63, 3.8) is 0 Å². The van der Waals surface area contributed by atoms with Crippen molar-refractivity contribution in [2.45, 2.75) is 6.42 Å². The summed E-state index contributed by atoms with van der Waals surface area (Å²) in [6.45, 7) is 0. The average molecular weight is 241 g/mol. The van der Waals surface area contributed by atoms with Gasteiger partial charge in [0.05, 0.1) is 18.3 Å². The van der Waals surface area contributed by atoms with Gasteiger partial charge in [0.2, 0.25) is 5.91 Å². The number of nitrogens with two attached hydrogens (primary N) is 1. The molecule has 8 heteroatoms. The zero-order valence-electron chi connectivity index (χ0n) is 7.51. The molecular weight excluding hydrogens is 234 g/mol. The minimum absolute atomic E-state index is 0.147. The van der Waals surface area contributed by atoms with E-state index in [9.17, 15) is 4.79 Å². The van der Waals surface area contributed by atoms with Gasteiger partial charge >= 0.3 is 0 Å². The summed E-state index contributed by atoms with van der Waals surface area (Å²) in [5, 5.41) is 9.13. The Morgan fingerprint density at radius 3 is 3.07 bits per heavy atom. The monoisotopic (exact) mass is 241 g/mol. The van der Waals surface area contributed by atoms with Crippen molar-refractivity contribution in [3.8, 4) is 0 Å². The van der Waals surface area contributed by atoms with Crippen LogP contribution in [0.1, 0.15) is 5.69 Å². The first-order chi connectivity index (χ1) is 7.24. The van der Waals surface area contributed by atoms with Crippen LogP contribution in [0.2, 0.25) is 0 Å². The van der Waals surface area contributed by atoms with Crippen LogP contribution < -0.4 is 11.1 Å². The summed E-state index contributed by atoms with van der Waals surface area (Å²) in [6, 6.07) is 0. The second kappa shape index (κ2) is 4.32. The zero-order chi connectivity index (χ0) is 10.7. The predicted molar refractivity (Wildman–Crippen MR) is 58.8 cm³/mol. The molecule has 0 atom stereocenters. The number of carbonyl (C=O) groups excluding carboxylic acids is 1. The van der Waals surface area contributed by atoms with Gasteiger partial charge in [-0.25, -0.2) is 4.98 Å². The van der Waals surface area contributed by atoms with E-state index in [1.165, 1.54) is 17.5 Å². The first kappa shape index (κ1) is 9.99. The lowest BCUT2D eigenvalue weighted by Crippen LogP contribution is -2.13. The maximum atomic E-state index is 11.5. The molecule has 3 N–H and O–H groups in total. The molecule has 2 aromatic rings. The number of nitrogens with zero attached hydrogens (tertiary/aromatic N) is 3. The first-order valence-electron chi connectivity index (χ1n) is 4.01. The number of rotatable bonds is 3. The van der Waals surface area contributed by atoms with Crippen LogP contribution in [0, 0.1) is 0 Å². The van der Waals surface area contributed by atoms with E-state index in [0.717, 1.165) is 11.5 Å². The van der Waals surface area contributed by atoms with E-state index >= 15 is 0 Å². The Kier molecular flexibility index (Phi) is 2.88. The van der Waals surface area contributed by atoms with E-state index in [-0.39, 0.29) is 12.3 Å². The number of anilines is 2. The number of thiazole rings is 1. The smallest absolute Gasteiger partial charge is 0.231 e. The molecule has 0 aliphatic heterocycles. The molecule has 0 saturated carbocycles. The summed E-state index contributed by atoms with van der Waals surface area (Å²) in [6.07, 6.45) is 1.71. The fourth-order valence-electron chi connectivity index (χ4n) is 0.972. The Morgan fingerprint density at radius 1 is 1.60 bits per heavy atom. The van der Waals surface area contributed by atoms with Gasteiger partial charge in [0.1, 0.15) is 5.00 Å². The molecule has 2 heterocycles. The SMILES string of the molecule is Nc1nc(CC(=O)Nc2cnns2)cs1. The normalized spacial score (nSPS) is 10.1. The number of nitrogen functional groups attached to an aromatic ring is 1. The molecule has 0 bridgehead atoms. The molecule has 0 spiro atoms. The molecule has 0 aliphatic rings. The van der Waals surface area contributed by atoms with Gasteiger partial charge in [-0.2, -0.15) is 0 Å². The van der Waals surface area contributed by atoms with Gasteiger partial charge in [0.15, 0.2) is 5.13 Å². The number of carbonyl (C=O) groups is 1. The van der Waals surface area contributed by atoms with E-state index in [1.54, 1.807) is 5.38 Å². The lowest BCUT2D eigenvalue weighted by molar-refractivity contribution is -0.115. The summed E-state index contributed by atoms with van der Waals surface area (Å²) in [4.78, 5) is 15.4. The average Bonchev–Trinajstić information content (AvgIpc) is 2.77. The van der Waals surface area contributed by atoms with E-state index < -0.39 is 0 Å².